The van der Waals surface area contributed by atoms with Crippen LogP contribution in [-0.4, -0.2) is 28.5 Å². The SMILES string of the molecule is CNC(CO)(Cn1cc(Cl)cn1)c1ccccc1. The molecule has 2 aromatic rings. The second-order valence-corrected chi connectivity index (χ2v) is 4.65. The Morgan fingerprint density at radius 2 is 2.11 bits per heavy atom. The van der Waals surface area contributed by atoms with Crippen molar-refractivity contribution < 1.29 is 5.11 Å². The van der Waals surface area contributed by atoms with Crippen molar-refractivity contribution in [1.82, 2.24) is 15.1 Å². The zero-order valence-electron chi connectivity index (χ0n) is 10.2. The Morgan fingerprint density at radius 1 is 1.39 bits per heavy atom. The number of aromatic nitrogens is 2. The molecule has 0 fully saturated rings. The van der Waals surface area contributed by atoms with Crippen molar-refractivity contribution in [2.45, 2.75) is 12.1 Å². The minimum Gasteiger partial charge on any atom is -0.394 e. The molecule has 1 heterocycles. The molecule has 0 saturated heterocycles. The highest BCUT2D eigenvalue weighted by Crippen LogP contribution is 2.22. The summed E-state index contributed by atoms with van der Waals surface area (Å²) in [7, 11) is 1.83. The number of aliphatic hydroxyl groups excluding tert-OH is 1. The van der Waals surface area contributed by atoms with Crippen molar-refractivity contribution in [2.24, 2.45) is 0 Å². The highest BCUT2D eigenvalue weighted by atomic mass is 35.5. The van der Waals surface area contributed by atoms with Gasteiger partial charge in [0.2, 0.25) is 0 Å². The van der Waals surface area contributed by atoms with Gasteiger partial charge >= 0.3 is 0 Å². The Bertz CT molecular complexity index is 494. The van der Waals surface area contributed by atoms with Crippen LogP contribution < -0.4 is 5.32 Å². The molecule has 4 nitrogen and oxygen atoms in total. The van der Waals surface area contributed by atoms with Gasteiger partial charge in [0.1, 0.15) is 0 Å². The van der Waals surface area contributed by atoms with E-state index in [0.29, 0.717) is 11.6 Å². The lowest BCUT2D eigenvalue weighted by atomic mass is 9.91. The van der Waals surface area contributed by atoms with E-state index in [2.05, 4.69) is 10.4 Å². The van der Waals surface area contributed by atoms with Crippen LogP contribution in [0.2, 0.25) is 5.02 Å². The van der Waals surface area contributed by atoms with Gasteiger partial charge in [0.15, 0.2) is 0 Å². The van der Waals surface area contributed by atoms with Gasteiger partial charge in [0.25, 0.3) is 0 Å². The van der Waals surface area contributed by atoms with Gasteiger partial charge in [0, 0.05) is 6.20 Å². The van der Waals surface area contributed by atoms with Crippen molar-refractivity contribution in [1.29, 1.82) is 0 Å². The maximum absolute atomic E-state index is 9.76. The smallest absolute Gasteiger partial charge is 0.0865 e. The third kappa shape index (κ3) is 2.56. The van der Waals surface area contributed by atoms with Crippen LogP contribution in [0.1, 0.15) is 5.56 Å². The predicted molar refractivity (Wildman–Crippen MR) is 71.5 cm³/mol. The number of hydrogen-bond donors (Lipinski definition) is 2. The van der Waals surface area contributed by atoms with E-state index in [4.69, 9.17) is 11.6 Å². The molecule has 1 aromatic carbocycles. The largest absolute Gasteiger partial charge is 0.394 e. The molecule has 18 heavy (non-hydrogen) atoms. The second kappa shape index (κ2) is 5.52. The summed E-state index contributed by atoms with van der Waals surface area (Å²) in [6, 6.07) is 9.82. The molecular weight excluding hydrogens is 250 g/mol. The van der Waals surface area contributed by atoms with E-state index in [1.54, 1.807) is 17.1 Å². The number of rotatable bonds is 5. The molecule has 5 heteroatoms. The van der Waals surface area contributed by atoms with Crippen molar-refractivity contribution in [2.75, 3.05) is 13.7 Å². The van der Waals surface area contributed by atoms with E-state index < -0.39 is 5.54 Å². The lowest BCUT2D eigenvalue weighted by Gasteiger charge is -2.32. The van der Waals surface area contributed by atoms with Crippen molar-refractivity contribution in [3.63, 3.8) is 0 Å². The average molecular weight is 266 g/mol. The summed E-state index contributed by atoms with van der Waals surface area (Å²) in [6.07, 6.45) is 3.33. The first kappa shape index (κ1) is 13.1. The quantitative estimate of drug-likeness (QED) is 0.864. The second-order valence-electron chi connectivity index (χ2n) is 4.21. The van der Waals surface area contributed by atoms with E-state index in [-0.39, 0.29) is 6.61 Å². The number of likely N-dealkylation sites (N-methyl/N-ethyl adjacent to an activating group) is 1. The number of nitrogens with one attached hydrogen (secondary N) is 1. The number of benzene rings is 1. The fourth-order valence-electron chi connectivity index (χ4n) is 1.99. The van der Waals surface area contributed by atoms with Gasteiger partial charge in [-0.25, -0.2) is 0 Å². The summed E-state index contributed by atoms with van der Waals surface area (Å²) in [4.78, 5) is 0. The molecule has 0 aliphatic rings. The maximum atomic E-state index is 9.76. The van der Waals surface area contributed by atoms with Crippen LogP contribution in [0.15, 0.2) is 42.7 Å². The van der Waals surface area contributed by atoms with E-state index in [9.17, 15) is 5.11 Å². The molecule has 0 aliphatic heterocycles. The lowest BCUT2D eigenvalue weighted by Crippen LogP contribution is -2.47. The molecule has 96 valence electrons. The summed E-state index contributed by atoms with van der Waals surface area (Å²) >= 11 is 5.86. The molecule has 1 atom stereocenters. The average Bonchev–Trinajstić information content (AvgIpc) is 2.82. The first-order valence-corrected chi connectivity index (χ1v) is 6.11. The highest BCUT2D eigenvalue weighted by Gasteiger charge is 2.30. The van der Waals surface area contributed by atoms with Crippen LogP contribution >= 0.6 is 11.6 Å². The fourth-order valence-corrected chi connectivity index (χ4v) is 2.15. The monoisotopic (exact) mass is 265 g/mol. The van der Waals surface area contributed by atoms with Crippen molar-refractivity contribution in [3.05, 3.63) is 53.3 Å². The first-order valence-electron chi connectivity index (χ1n) is 5.73. The summed E-state index contributed by atoms with van der Waals surface area (Å²) in [5, 5.41) is 17.7. The lowest BCUT2D eigenvalue weighted by molar-refractivity contribution is 0.146. The maximum Gasteiger partial charge on any atom is 0.0865 e. The molecule has 0 aliphatic carbocycles. The van der Waals surface area contributed by atoms with Crippen LogP contribution in [0.25, 0.3) is 0 Å². The van der Waals surface area contributed by atoms with Gasteiger partial charge in [-0.3, -0.25) is 4.68 Å². The van der Waals surface area contributed by atoms with Gasteiger partial charge in [0.05, 0.1) is 29.9 Å². The van der Waals surface area contributed by atoms with E-state index >= 15 is 0 Å². The molecule has 0 bridgehead atoms. The highest BCUT2D eigenvalue weighted by molar-refractivity contribution is 6.30. The molecule has 0 spiro atoms. The van der Waals surface area contributed by atoms with Gasteiger partial charge < -0.3 is 10.4 Å². The Morgan fingerprint density at radius 3 is 2.61 bits per heavy atom. The van der Waals surface area contributed by atoms with Crippen LogP contribution in [-0.2, 0) is 12.1 Å². The molecule has 1 unspecified atom stereocenters. The van der Waals surface area contributed by atoms with Crippen LogP contribution in [0.5, 0.6) is 0 Å². The Hall–Kier alpha value is -1.36. The molecule has 2 rings (SSSR count). The molecule has 0 radical (unpaired) electrons. The van der Waals surface area contributed by atoms with Gasteiger partial charge in [-0.05, 0) is 12.6 Å². The van der Waals surface area contributed by atoms with E-state index in [1.165, 1.54) is 0 Å². The third-order valence-corrected chi connectivity index (χ3v) is 3.30. The number of nitrogens with zero attached hydrogens (tertiary/aromatic N) is 2. The van der Waals surface area contributed by atoms with Crippen molar-refractivity contribution >= 4 is 11.6 Å². The van der Waals surface area contributed by atoms with Gasteiger partial charge in [-0.1, -0.05) is 41.9 Å². The standard InChI is InChI=1S/C13H16ClN3O/c1-15-13(10-18,11-5-3-2-4-6-11)9-17-8-12(14)7-16-17/h2-8,15,18H,9-10H2,1H3. The topological polar surface area (TPSA) is 50.1 Å². The minimum atomic E-state index is -0.559. The summed E-state index contributed by atoms with van der Waals surface area (Å²) in [5.41, 5.74) is 0.456. The van der Waals surface area contributed by atoms with Gasteiger partial charge in [-0.15, -0.1) is 0 Å². The number of hydrogen-bond acceptors (Lipinski definition) is 3. The number of halogens is 1. The van der Waals surface area contributed by atoms with Crippen LogP contribution in [0.4, 0.5) is 0 Å². The van der Waals surface area contributed by atoms with E-state index in [1.807, 2.05) is 37.4 Å². The van der Waals surface area contributed by atoms with Crippen molar-refractivity contribution in [3.8, 4) is 0 Å². The summed E-state index contributed by atoms with van der Waals surface area (Å²) in [5.74, 6) is 0. The van der Waals surface area contributed by atoms with Crippen LogP contribution in [0, 0.1) is 0 Å². The van der Waals surface area contributed by atoms with E-state index in [0.717, 1.165) is 5.56 Å². The summed E-state index contributed by atoms with van der Waals surface area (Å²) < 4.78 is 1.72. The molecule has 0 amide bonds. The molecule has 1 aromatic heterocycles. The predicted octanol–water partition coefficient (Wildman–Crippen LogP) is 1.64. The Labute approximate surface area is 111 Å². The first-order chi connectivity index (χ1) is 8.70. The molecule has 2 N–H and O–H groups in total. The Balaban J connectivity index is 2.32. The van der Waals surface area contributed by atoms with Gasteiger partial charge in [-0.2, -0.15) is 5.10 Å². The summed E-state index contributed by atoms with van der Waals surface area (Å²) in [6.45, 7) is 0.488. The normalized spacial score (nSPS) is 14.4. The Kier molecular flexibility index (Phi) is 4.01. The molecular formula is C13H16ClN3O. The van der Waals surface area contributed by atoms with Crippen LogP contribution in [0.3, 0.4) is 0 Å². The zero-order valence-corrected chi connectivity index (χ0v) is 10.9. The third-order valence-electron chi connectivity index (χ3n) is 3.11. The zero-order chi connectivity index (χ0) is 13.0. The number of aliphatic hydroxyl groups is 1. The molecule has 0 saturated carbocycles. The minimum absolute atomic E-state index is 0.0228. The fraction of sp³-hybridized carbons (Fsp3) is 0.308.